The Labute approximate surface area is 113 Å². The normalized spacial score (nSPS) is 10.3. The predicted octanol–water partition coefficient (Wildman–Crippen LogP) is 3.31. The number of hydrogen-bond donors (Lipinski definition) is 1. The molecule has 0 spiro atoms. The number of anilines is 1. The first-order chi connectivity index (χ1) is 9.12. The van der Waals surface area contributed by atoms with Crippen LogP contribution in [0.25, 0.3) is 0 Å². The summed E-state index contributed by atoms with van der Waals surface area (Å²) in [7, 11) is 1.70. The zero-order valence-corrected chi connectivity index (χ0v) is 11.1. The highest BCUT2D eigenvalue weighted by atomic mass is 32.2. The summed E-state index contributed by atoms with van der Waals surface area (Å²) in [5.74, 6) is -0.788. The number of aromatic nitrogens is 2. The zero-order valence-electron chi connectivity index (χ0n) is 10.3. The van der Waals surface area contributed by atoms with E-state index in [0.717, 1.165) is 12.1 Å². The Morgan fingerprint density at radius 1 is 1.21 bits per heavy atom. The number of thioether (sulfide) groups is 1. The van der Waals surface area contributed by atoms with Crippen molar-refractivity contribution < 1.29 is 13.5 Å². The fourth-order valence-corrected chi connectivity index (χ4v) is 1.72. The van der Waals surface area contributed by atoms with Gasteiger partial charge in [0.2, 0.25) is 5.88 Å². The first-order valence-electron chi connectivity index (χ1n) is 5.36. The summed E-state index contributed by atoms with van der Waals surface area (Å²) >= 11 is 1.33. The van der Waals surface area contributed by atoms with Crippen LogP contribution in [-0.2, 0) is 0 Å². The van der Waals surface area contributed by atoms with Gasteiger partial charge in [0.15, 0.2) is 16.7 Å². The second kappa shape index (κ2) is 5.83. The fourth-order valence-electron chi connectivity index (χ4n) is 1.35. The quantitative estimate of drug-likeness (QED) is 0.689. The maximum atomic E-state index is 13.5. The Bertz CT molecular complexity index is 573. The van der Waals surface area contributed by atoms with Gasteiger partial charge in [0, 0.05) is 19.2 Å². The minimum atomic E-state index is -0.782. The molecule has 2 rings (SSSR count). The van der Waals surface area contributed by atoms with Crippen molar-refractivity contribution in [1.82, 2.24) is 9.97 Å². The molecule has 0 atom stereocenters. The third kappa shape index (κ3) is 3.31. The summed E-state index contributed by atoms with van der Waals surface area (Å²) in [6.07, 6.45) is 1.82. The molecule has 100 valence electrons. The largest absolute Gasteiger partial charge is 0.436 e. The van der Waals surface area contributed by atoms with Gasteiger partial charge in [-0.25, -0.2) is 13.8 Å². The fraction of sp³-hybridized carbons (Fsp3) is 0.167. The molecule has 4 nitrogen and oxygen atoms in total. The zero-order chi connectivity index (χ0) is 13.8. The van der Waals surface area contributed by atoms with Gasteiger partial charge in [-0.3, -0.25) is 0 Å². The van der Waals surface area contributed by atoms with Crippen LogP contribution < -0.4 is 10.1 Å². The van der Waals surface area contributed by atoms with E-state index in [2.05, 4.69) is 15.3 Å². The molecule has 0 unspecified atom stereocenters. The van der Waals surface area contributed by atoms with Gasteiger partial charge in [0.05, 0.1) is 0 Å². The van der Waals surface area contributed by atoms with E-state index in [9.17, 15) is 8.78 Å². The third-order valence-electron chi connectivity index (χ3n) is 2.23. The van der Waals surface area contributed by atoms with E-state index in [1.807, 2.05) is 6.26 Å². The topological polar surface area (TPSA) is 47.0 Å². The summed E-state index contributed by atoms with van der Waals surface area (Å²) in [6.45, 7) is 0. The van der Waals surface area contributed by atoms with Crippen molar-refractivity contribution in [1.29, 1.82) is 0 Å². The van der Waals surface area contributed by atoms with Crippen LogP contribution in [0.5, 0.6) is 11.6 Å². The van der Waals surface area contributed by atoms with Gasteiger partial charge in [0.25, 0.3) is 0 Å². The predicted molar refractivity (Wildman–Crippen MR) is 69.8 cm³/mol. The van der Waals surface area contributed by atoms with Crippen molar-refractivity contribution >= 4 is 17.6 Å². The highest BCUT2D eigenvalue weighted by Crippen LogP contribution is 2.26. The van der Waals surface area contributed by atoms with Crippen molar-refractivity contribution in [3.63, 3.8) is 0 Å². The Morgan fingerprint density at radius 3 is 2.63 bits per heavy atom. The van der Waals surface area contributed by atoms with Gasteiger partial charge in [-0.2, -0.15) is 4.98 Å². The van der Waals surface area contributed by atoms with Crippen LogP contribution >= 0.6 is 11.8 Å². The Morgan fingerprint density at radius 2 is 2.00 bits per heavy atom. The summed E-state index contributed by atoms with van der Waals surface area (Å²) in [4.78, 5) is 8.24. The minimum absolute atomic E-state index is 0.0887. The Hall–Kier alpha value is -1.89. The van der Waals surface area contributed by atoms with E-state index in [1.165, 1.54) is 23.9 Å². The minimum Gasteiger partial charge on any atom is -0.436 e. The van der Waals surface area contributed by atoms with Gasteiger partial charge < -0.3 is 10.1 Å². The average Bonchev–Trinajstić information content (AvgIpc) is 2.41. The number of benzene rings is 1. The molecule has 0 amide bonds. The molecule has 2 aromatic rings. The summed E-state index contributed by atoms with van der Waals surface area (Å²) in [5, 5.41) is 3.34. The molecule has 0 bridgehead atoms. The summed E-state index contributed by atoms with van der Waals surface area (Å²) < 4.78 is 31.6. The SMILES string of the molecule is CNc1cc(Oc2ccc(F)cc2F)nc(SC)n1. The van der Waals surface area contributed by atoms with E-state index in [0.29, 0.717) is 11.0 Å². The van der Waals surface area contributed by atoms with E-state index in [1.54, 1.807) is 7.05 Å². The number of ether oxygens (including phenoxy) is 1. The van der Waals surface area contributed by atoms with Crippen LogP contribution in [0, 0.1) is 11.6 Å². The van der Waals surface area contributed by atoms with Crippen molar-refractivity contribution in [2.24, 2.45) is 0 Å². The molecule has 0 fully saturated rings. The molecule has 1 aromatic heterocycles. The molecule has 19 heavy (non-hydrogen) atoms. The second-order valence-electron chi connectivity index (χ2n) is 3.50. The molecular formula is C12H11F2N3OS. The van der Waals surface area contributed by atoms with Crippen molar-refractivity contribution in [2.75, 3.05) is 18.6 Å². The maximum absolute atomic E-state index is 13.5. The number of nitrogens with one attached hydrogen (secondary N) is 1. The lowest BCUT2D eigenvalue weighted by Gasteiger charge is -2.08. The van der Waals surface area contributed by atoms with Gasteiger partial charge in [-0.15, -0.1) is 0 Å². The highest BCUT2D eigenvalue weighted by Gasteiger charge is 2.09. The van der Waals surface area contributed by atoms with Gasteiger partial charge in [0.1, 0.15) is 11.6 Å². The van der Waals surface area contributed by atoms with Crippen LogP contribution in [-0.4, -0.2) is 23.3 Å². The third-order valence-corrected chi connectivity index (χ3v) is 2.78. The number of hydrogen-bond acceptors (Lipinski definition) is 5. The molecular weight excluding hydrogens is 272 g/mol. The standard InChI is InChI=1S/C12H11F2N3OS/c1-15-10-6-11(17-12(16-10)19-2)18-9-4-3-7(13)5-8(9)14/h3-6H,1-2H3,(H,15,16,17). The first kappa shape index (κ1) is 13.5. The van der Waals surface area contributed by atoms with E-state index < -0.39 is 11.6 Å². The molecule has 7 heteroatoms. The van der Waals surface area contributed by atoms with Gasteiger partial charge in [-0.1, -0.05) is 11.8 Å². The second-order valence-corrected chi connectivity index (χ2v) is 4.28. The van der Waals surface area contributed by atoms with Crippen LogP contribution in [0.3, 0.4) is 0 Å². The lowest BCUT2D eigenvalue weighted by Crippen LogP contribution is -1.99. The Balaban J connectivity index is 2.31. The lowest BCUT2D eigenvalue weighted by atomic mass is 10.3. The molecule has 0 aliphatic heterocycles. The summed E-state index contributed by atoms with van der Waals surface area (Å²) in [6, 6.07) is 4.62. The van der Waals surface area contributed by atoms with Crippen LogP contribution in [0.1, 0.15) is 0 Å². The molecule has 1 heterocycles. The van der Waals surface area contributed by atoms with E-state index in [-0.39, 0.29) is 11.6 Å². The monoisotopic (exact) mass is 283 g/mol. The smallest absolute Gasteiger partial charge is 0.225 e. The van der Waals surface area contributed by atoms with Crippen molar-refractivity contribution in [3.8, 4) is 11.6 Å². The van der Waals surface area contributed by atoms with Crippen molar-refractivity contribution in [2.45, 2.75) is 5.16 Å². The molecule has 0 aliphatic rings. The van der Waals surface area contributed by atoms with Crippen molar-refractivity contribution in [3.05, 3.63) is 35.9 Å². The molecule has 0 radical (unpaired) electrons. The van der Waals surface area contributed by atoms with Gasteiger partial charge in [-0.05, 0) is 18.4 Å². The molecule has 1 aromatic carbocycles. The summed E-state index contributed by atoms with van der Waals surface area (Å²) in [5.41, 5.74) is 0. The van der Waals surface area contributed by atoms with E-state index >= 15 is 0 Å². The van der Waals surface area contributed by atoms with Crippen LogP contribution in [0.2, 0.25) is 0 Å². The Kier molecular flexibility index (Phi) is 4.16. The molecule has 0 aliphatic carbocycles. The highest BCUT2D eigenvalue weighted by molar-refractivity contribution is 7.98. The molecule has 0 saturated carbocycles. The first-order valence-corrected chi connectivity index (χ1v) is 6.58. The van der Waals surface area contributed by atoms with Gasteiger partial charge >= 0.3 is 0 Å². The number of nitrogens with zero attached hydrogens (tertiary/aromatic N) is 2. The van der Waals surface area contributed by atoms with Crippen LogP contribution in [0.15, 0.2) is 29.4 Å². The number of halogens is 2. The molecule has 1 N–H and O–H groups in total. The number of rotatable bonds is 4. The van der Waals surface area contributed by atoms with Crippen LogP contribution in [0.4, 0.5) is 14.6 Å². The van der Waals surface area contributed by atoms with E-state index in [4.69, 9.17) is 4.74 Å². The maximum Gasteiger partial charge on any atom is 0.225 e. The molecule has 0 saturated heterocycles. The average molecular weight is 283 g/mol. The lowest BCUT2D eigenvalue weighted by molar-refractivity contribution is 0.419.